The third-order valence-electron chi connectivity index (χ3n) is 1.99. The summed E-state index contributed by atoms with van der Waals surface area (Å²) < 4.78 is 0. The van der Waals surface area contributed by atoms with Crippen molar-refractivity contribution >= 4 is 0 Å². The third-order valence-corrected chi connectivity index (χ3v) is 1.99. The smallest absolute Gasteiger partial charge is 0.00970 e. The maximum Gasteiger partial charge on any atom is 0.00970 e. The SMILES string of the molecule is CCCC(C)NCCNC(C)(C)C. The summed E-state index contributed by atoms with van der Waals surface area (Å²) in [6, 6.07) is 0.659. The lowest BCUT2D eigenvalue weighted by Gasteiger charge is -2.21. The molecule has 2 heteroatoms. The standard InChI is InChI=1S/C11H26N2/c1-6-7-10(2)12-8-9-13-11(3,4)5/h10,12-13H,6-9H2,1-5H3. The van der Waals surface area contributed by atoms with Crippen LogP contribution in [-0.2, 0) is 0 Å². The van der Waals surface area contributed by atoms with Crippen molar-refractivity contribution < 1.29 is 0 Å². The molecule has 0 aromatic rings. The van der Waals surface area contributed by atoms with E-state index >= 15 is 0 Å². The second kappa shape index (κ2) is 6.39. The van der Waals surface area contributed by atoms with Crippen molar-refractivity contribution in [3.05, 3.63) is 0 Å². The van der Waals surface area contributed by atoms with E-state index in [4.69, 9.17) is 0 Å². The van der Waals surface area contributed by atoms with Crippen LogP contribution in [0.3, 0.4) is 0 Å². The predicted molar refractivity (Wildman–Crippen MR) is 60.1 cm³/mol. The second-order valence-corrected chi connectivity index (χ2v) is 4.82. The first-order valence-corrected chi connectivity index (χ1v) is 5.44. The van der Waals surface area contributed by atoms with Gasteiger partial charge in [-0.25, -0.2) is 0 Å². The molecule has 0 radical (unpaired) electrons. The quantitative estimate of drug-likeness (QED) is 0.621. The van der Waals surface area contributed by atoms with Crippen molar-refractivity contribution in [2.45, 2.75) is 59.0 Å². The van der Waals surface area contributed by atoms with Crippen LogP contribution in [0.25, 0.3) is 0 Å². The molecule has 0 fully saturated rings. The Morgan fingerprint density at radius 1 is 1.15 bits per heavy atom. The van der Waals surface area contributed by atoms with E-state index in [1.165, 1.54) is 12.8 Å². The molecule has 0 rings (SSSR count). The van der Waals surface area contributed by atoms with Gasteiger partial charge in [0.15, 0.2) is 0 Å². The van der Waals surface area contributed by atoms with Gasteiger partial charge in [-0.1, -0.05) is 13.3 Å². The molecule has 0 bridgehead atoms. The van der Waals surface area contributed by atoms with E-state index in [9.17, 15) is 0 Å². The first kappa shape index (κ1) is 12.9. The molecule has 1 atom stereocenters. The molecular weight excluding hydrogens is 160 g/mol. The van der Waals surface area contributed by atoms with Crippen LogP contribution in [0.1, 0.15) is 47.5 Å². The van der Waals surface area contributed by atoms with Gasteiger partial charge in [-0.05, 0) is 34.1 Å². The Morgan fingerprint density at radius 3 is 2.23 bits per heavy atom. The van der Waals surface area contributed by atoms with Crippen LogP contribution in [-0.4, -0.2) is 24.7 Å². The van der Waals surface area contributed by atoms with E-state index in [1.807, 2.05) is 0 Å². The van der Waals surface area contributed by atoms with Gasteiger partial charge < -0.3 is 10.6 Å². The van der Waals surface area contributed by atoms with Crippen LogP contribution in [0, 0.1) is 0 Å². The molecule has 0 saturated heterocycles. The van der Waals surface area contributed by atoms with Gasteiger partial charge in [0.25, 0.3) is 0 Å². The Kier molecular flexibility index (Phi) is 6.35. The number of hydrogen-bond acceptors (Lipinski definition) is 2. The zero-order chi connectivity index (χ0) is 10.3. The zero-order valence-electron chi connectivity index (χ0n) is 9.91. The Bertz CT molecular complexity index is 116. The van der Waals surface area contributed by atoms with Gasteiger partial charge in [-0.15, -0.1) is 0 Å². The highest BCUT2D eigenvalue weighted by atomic mass is 15.0. The Hall–Kier alpha value is -0.0800. The van der Waals surface area contributed by atoms with Gasteiger partial charge in [0.1, 0.15) is 0 Å². The van der Waals surface area contributed by atoms with Gasteiger partial charge in [0.05, 0.1) is 0 Å². The van der Waals surface area contributed by atoms with E-state index in [0.29, 0.717) is 6.04 Å². The van der Waals surface area contributed by atoms with Gasteiger partial charge >= 0.3 is 0 Å². The van der Waals surface area contributed by atoms with E-state index in [-0.39, 0.29) is 5.54 Å². The summed E-state index contributed by atoms with van der Waals surface area (Å²) in [6.07, 6.45) is 2.54. The van der Waals surface area contributed by atoms with Crippen molar-refractivity contribution in [3.63, 3.8) is 0 Å². The van der Waals surface area contributed by atoms with Gasteiger partial charge in [-0.2, -0.15) is 0 Å². The molecule has 0 aliphatic heterocycles. The maximum absolute atomic E-state index is 3.49. The van der Waals surface area contributed by atoms with Gasteiger partial charge in [0.2, 0.25) is 0 Å². The van der Waals surface area contributed by atoms with Crippen LogP contribution in [0.2, 0.25) is 0 Å². The molecule has 80 valence electrons. The average molecular weight is 186 g/mol. The molecule has 0 amide bonds. The summed E-state index contributed by atoms with van der Waals surface area (Å²) in [7, 11) is 0. The predicted octanol–water partition coefficient (Wildman–Crippen LogP) is 2.15. The molecule has 0 spiro atoms. The second-order valence-electron chi connectivity index (χ2n) is 4.82. The minimum absolute atomic E-state index is 0.246. The largest absolute Gasteiger partial charge is 0.313 e. The molecule has 1 unspecified atom stereocenters. The molecule has 0 saturated carbocycles. The van der Waals surface area contributed by atoms with Crippen LogP contribution in [0.4, 0.5) is 0 Å². The number of rotatable bonds is 6. The summed E-state index contributed by atoms with van der Waals surface area (Å²) in [5.41, 5.74) is 0.246. The zero-order valence-corrected chi connectivity index (χ0v) is 9.91. The highest BCUT2D eigenvalue weighted by Crippen LogP contribution is 1.97. The van der Waals surface area contributed by atoms with E-state index in [2.05, 4.69) is 45.3 Å². The van der Waals surface area contributed by atoms with Crippen LogP contribution < -0.4 is 10.6 Å². The van der Waals surface area contributed by atoms with Crippen molar-refractivity contribution in [1.29, 1.82) is 0 Å². The van der Waals surface area contributed by atoms with Crippen molar-refractivity contribution in [2.24, 2.45) is 0 Å². The van der Waals surface area contributed by atoms with E-state index in [1.54, 1.807) is 0 Å². The highest BCUT2D eigenvalue weighted by Gasteiger charge is 2.07. The van der Waals surface area contributed by atoms with Crippen molar-refractivity contribution in [1.82, 2.24) is 10.6 Å². The van der Waals surface area contributed by atoms with Crippen LogP contribution >= 0.6 is 0 Å². The van der Waals surface area contributed by atoms with Gasteiger partial charge in [0, 0.05) is 24.7 Å². The van der Waals surface area contributed by atoms with Crippen LogP contribution in [0.5, 0.6) is 0 Å². The lowest BCUT2D eigenvalue weighted by atomic mass is 10.1. The molecule has 0 aliphatic carbocycles. The molecule has 0 heterocycles. The first-order valence-electron chi connectivity index (χ1n) is 5.44. The molecule has 2 N–H and O–H groups in total. The molecule has 13 heavy (non-hydrogen) atoms. The minimum atomic E-state index is 0.246. The average Bonchev–Trinajstić information content (AvgIpc) is 1.97. The van der Waals surface area contributed by atoms with Crippen LogP contribution in [0.15, 0.2) is 0 Å². The lowest BCUT2D eigenvalue weighted by molar-refractivity contribution is 0.408. The maximum atomic E-state index is 3.49. The number of hydrogen-bond donors (Lipinski definition) is 2. The first-order chi connectivity index (χ1) is 5.95. The summed E-state index contributed by atoms with van der Waals surface area (Å²) in [6.45, 7) is 13.2. The summed E-state index contributed by atoms with van der Waals surface area (Å²) in [5, 5.41) is 6.95. The van der Waals surface area contributed by atoms with E-state index < -0.39 is 0 Å². The summed E-state index contributed by atoms with van der Waals surface area (Å²) in [4.78, 5) is 0. The minimum Gasteiger partial charge on any atom is -0.313 e. The Balaban J connectivity index is 3.25. The topological polar surface area (TPSA) is 24.1 Å². The monoisotopic (exact) mass is 186 g/mol. The van der Waals surface area contributed by atoms with E-state index in [0.717, 1.165) is 13.1 Å². The van der Waals surface area contributed by atoms with Crippen molar-refractivity contribution in [2.75, 3.05) is 13.1 Å². The molecule has 0 aromatic carbocycles. The number of nitrogens with one attached hydrogen (secondary N) is 2. The molecule has 0 aromatic heterocycles. The van der Waals surface area contributed by atoms with Crippen molar-refractivity contribution in [3.8, 4) is 0 Å². The third kappa shape index (κ3) is 9.84. The summed E-state index contributed by atoms with van der Waals surface area (Å²) >= 11 is 0. The Labute approximate surface area is 83.5 Å². The Morgan fingerprint density at radius 2 is 1.77 bits per heavy atom. The fourth-order valence-electron chi connectivity index (χ4n) is 1.29. The van der Waals surface area contributed by atoms with Gasteiger partial charge in [-0.3, -0.25) is 0 Å². The molecular formula is C11H26N2. The fourth-order valence-corrected chi connectivity index (χ4v) is 1.29. The fraction of sp³-hybridized carbons (Fsp3) is 1.00. The normalized spacial score (nSPS) is 14.5. The lowest BCUT2D eigenvalue weighted by Crippen LogP contribution is -2.41. The molecule has 0 aliphatic rings. The highest BCUT2D eigenvalue weighted by molar-refractivity contribution is 4.71. The summed E-state index contributed by atoms with van der Waals surface area (Å²) in [5.74, 6) is 0. The molecule has 2 nitrogen and oxygen atoms in total.